The predicted octanol–water partition coefficient (Wildman–Crippen LogP) is 2.49. The van der Waals surface area contributed by atoms with Gasteiger partial charge < -0.3 is 4.74 Å². The van der Waals surface area contributed by atoms with Crippen molar-refractivity contribution >= 4 is 29.1 Å². The van der Waals surface area contributed by atoms with Gasteiger partial charge in [-0.2, -0.15) is 5.10 Å². The van der Waals surface area contributed by atoms with E-state index in [0.717, 1.165) is 0 Å². The van der Waals surface area contributed by atoms with Crippen LogP contribution in [-0.4, -0.2) is 34.2 Å². The molecular formula is C19H18N4O4S. The van der Waals surface area contributed by atoms with Gasteiger partial charge in [0.15, 0.2) is 0 Å². The molecule has 0 unspecified atom stereocenters. The first-order valence-corrected chi connectivity index (χ1v) is 9.35. The zero-order valence-corrected chi connectivity index (χ0v) is 16.1. The van der Waals surface area contributed by atoms with E-state index in [0.29, 0.717) is 27.4 Å². The predicted molar refractivity (Wildman–Crippen MR) is 104 cm³/mol. The number of hydrogen-bond donors (Lipinski definition) is 2. The number of ether oxygens (including phenoxy) is 1. The van der Waals surface area contributed by atoms with Gasteiger partial charge in [-0.1, -0.05) is 6.07 Å². The summed E-state index contributed by atoms with van der Waals surface area (Å²) in [5.74, 6) is -1.25. The van der Waals surface area contributed by atoms with Crippen LogP contribution in [0.15, 0.2) is 48.0 Å². The minimum atomic E-state index is -0.444. The highest BCUT2D eigenvalue weighted by Gasteiger charge is 2.16. The zero-order chi connectivity index (χ0) is 20.1. The SMILES string of the molecule is CCOC(=O)c1cnn(-c2ccc(C(=O)NNC(=O)c3cccs3)cc2)c1C. The Balaban J connectivity index is 1.67. The Labute approximate surface area is 165 Å². The molecule has 2 aromatic heterocycles. The summed E-state index contributed by atoms with van der Waals surface area (Å²) in [5, 5.41) is 5.99. The summed E-state index contributed by atoms with van der Waals surface area (Å²) in [7, 11) is 0. The Morgan fingerprint density at radius 3 is 2.46 bits per heavy atom. The van der Waals surface area contributed by atoms with Crippen LogP contribution in [0, 0.1) is 6.92 Å². The van der Waals surface area contributed by atoms with Crippen molar-refractivity contribution in [2.24, 2.45) is 0 Å². The van der Waals surface area contributed by atoms with Crippen LogP contribution in [0.5, 0.6) is 0 Å². The Morgan fingerprint density at radius 2 is 1.82 bits per heavy atom. The van der Waals surface area contributed by atoms with Crippen LogP contribution in [0.3, 0.4) is 0 Å². The van der Waals surface area contributed by atoms with Crippen LogP contribution in [0.1, 0.15) is 43.0 Å². The number of carbonyl (C=O) groups excluding carboxylic acids is 3. The molecule has 0 atom stereocenters. The van der Waals surface area contributed by atoms with Crippen molar-refractivity contribution < 1.29 is 19.1 Å². The topological polar surface area (TPSA) is 102 Å². The molecule has 8 nitrogen and oxygen atoms in total. The Morgan fingerprint density at radius 1 is 1.11 bits per heavy atom. The fourth-order valence-corrected chi connectivity index (χ4v) is 3.11. The maximum absolute atomic E-state index is 12.2. The van der Waals surface area contributed by atoms with Crippen LogP contribution in [0.4, 0.5) is 0 Å². The van der Waals surface area contributed by atoms with Crippen molar-refractivity contribution in [3.05, 3.63) is 69.7 Å². The van der Waals surface area contributed by atoms with Gasteiger partial charge in [-0.3, -0.25) is 20.4 Å². The molecule has 0 spiro atoms. The number of carbonyl (C=O) groups is 3. The largest absolute Gasteiger partial charge is 0.462 e. The molecular weight excluding hydrogens is 380 g/mol. The monoisotopic (exact) mass is 398 g/mol. The number of amides is 2. The molecule has 0 aliphatic carbocycles. The number of nitrogens with zero attached hydrogens (tertiary/aromatic N) is 2. The van der Waals surface area contributed by atoms with E-state index in [1.807, 2.05) is 0 Å². The Kier molecular flexibility index (Phi) is 5.85. The maximum atomic E-state index is 12.2. The second-order valence-electron chi connectivity index (χ2n) is 5.71. The highest BCUT2D eigenvalue weighted by molar-refractivity contribution is 7.12. The van der Waals surface area contributed by atoms with E-state index in [4.69, 9.17) is 4.74 Å². The first-order chi connectivity index (χ1) is 13.5. The van der Waals surface area contributed by atoms with E-state index in [1.54, 1.807) is 60.3 Å². The fraction of sp³-hybridized carbons (Fsp3) is 0.158. The van der Waals surface area contributed by atoms with Gasteiger partial charge >= 0.3 is 5.97 Å². The standard InChI is InChI=1S/C19H18N4O4S/c1-3-27-19(26)15-11-20-23(12(15)2)14-8-6-13(7-9-14)17(24)21-22-18(25)16-5-4-10-28-16/h4-11H,3H2,1-2H3,(H,21,24)(H,22,25). The average Bonchev–Trinajstić information content (AvgIpc) is 3.36. The van der Waals surface area contributed by atoms with Crippen LogP contribution in [-0.2, 0) is 4.74 Å². The summed E-state index contributed by atoms with van der Waals surface area (Å²) < 4.78 is 6.59. The van der Waals surface area contributed by atoms with E-state index in [9.17, 15) is 14.4 Å². The second-order valence-corrected chi connectivity index (χ2v) is 6.66. The molecule has 2 N–H and O–H groups in total. The van der Waals surface area contributed by atoms with Crippen molar-refractivity contribution in [1.29, 1.82) is 0 Å². The molecule has 1 aromatic carbocycles. The van der Waals surface area contributed by atoms with E-state index in [-0.39, 0.29) is 12.5 Å². The third kappa shape index (κ3) is 4.09. The van der Waals surface area contributed by atoms with Gasteiger partial charge in [0.2, 0.25) is 0 Å². The number of rotatable bonds is 5. The van der Waals surface area contributed by atoms with E-state index >= 15 is 0 Å². The van der Waals surface area contributed by atoms with Crippen molar-refractivity contribution in [1.82, 2.24) is 20.6 Å². The highest BCUT2D eigenvalue weighted by Crippen LogP contribution is 2.16. The molecule has 3 rings (SSSR count). The molecule has 0 bridgehead atoms. The molecule has 9 heteroatoms. The van der Waals surface area contributed by atoms with Gasteiger partial charge in [0.05, 0.1) is 29.1 Å². The molecule has 0 fully saturated rings. The first kappa shape index (κ1) is 19.3. The summed E-state index contributed by atoms with van der Waals surface area (Å²) >= 11 is 1.28. The lowest BCUT2D eigenvalue weighted by molar-refractivity contribution is 0.0525. The van der Waals surface area contributed by atoms with Gasteiger partial charge in [0.1, 0.15) is 5.56 Å². The van der Waals surface area contributed by atoms with E-state index in [1.165, 1.54) is 17.5 Å². The zero-order valence-electron chi connectivity index (χ0n) is 15.3. The minimum Gasteiger partial charge on any atom is -0.462 e. The quantitative estimate of drug-likeness (QED) is 0.508. The average molecular weight is 398 g/mol. The van der Waals surface area contributed by atoms with Crippen molar-refractivity contribution in [3.8, 4) is 5.69 Å². The number of hydrogen-bond acceptors (Lipinski definition) is 6. The third-order valence-corrected chi connectivity index (χ3v) is 4.78. The summed E-state index contributed by atoms with van der Waals surface area (Å²) in [6.07, 6.45) is 1.45. The Hall–Kier alpha value is -3.46. The summed E-state index contributed by atoms with van der Waals surface area (Å²) in [6.45, 7) is 3.79. The second kappa shape index (κ2) is 8.49. The molecule has 2 heterocycles. The summed E-state index contributed by atoms with van der Waals surface area (Å²) in [5.41, 5.74) is 6.83. The van der Waals surface area contributed by atoms with Crippen molar-refractivity contribution in [2.75, 3.05) is 6.61 Å². The maximum Gasteiger partial charge on any atom is 0.341 e. The van der Waals surface area contributed by atoms with Crippen LogP contribution in [0.25, 0.3) is 5.69 Å². The van der Waals surface area contributed by atoms with Crippen LogP contribution >= 0.6 is 11.3 Å². The molecule has 144 valence electrons. The molecule has 0 aliphatic rings. The molecule has 2 amide bonds. The highest BCUT2D eigenvalue weighted by atomic mass is 32.1. The van der Waals surface area contributed by atoms with Crippen LogP contribution in [0.2, 0.25) is 0 Å². The lowest BCUT2D eigenvalue weighted by Gasteiger charge is -2.08. The number of benzene rings is 1. The normalized spacial score (nSPS) is 10.4. The molecule has 0 saturated heterocycles. The molecule has 0 saturated carbocycles. The molecule has 0 radical (unpaired) electrons. The lowest BCUT2D eigenvalue weighted by atomic mass is 10.2. The Bertz CT molecular complexity index is 994. The van der Waals surface area contributed by atoms with Crippen molar-refractivity contribution in [2.45, 2.75) is 13.8 Å². The first-order valence-electron chi connectivity index (χ1n) is 8.47. The van der Waals surface area contributed by atoms with Gasteiger partial charge in [-0.05, 0) is 49.6 Å². The number of hydrazine groups is 1. The van der Waals surface area contributed by atoms with Crippen LogP contribution < -0.4 is 10.9 Å². The van der Waals surface area contributed by atoms with Gasteiger partial charge in [-0.25, -0.2) is 9.48 Å². The number of nitrogens with one attached hydrogen (secondary N) is 2. The number of thiophene rings is 1. The summed E-state index contributed by atoms with van der Waals surface area (Å²) in [6, 6.07) is 10.0. The lowest BCUT2D eigenvalue weighted by Crippen LogP contribution is -2.41. The van der Waals surface area contributed by atoms with Crippen molar-refractivity contribution in [3.63, 3.8) is 0 Å². The van der Waals surface area contributed by atoms with E-state index < -0.39 is 11.9 Å². The number of esters is 1. The van der Waals surface area contributed by atoms with Gasteiger partial charge in [0, 0.05) is 5.56 Å². The molecule has 0 aliphatic heterocycles. The third-order valence-electron chi connectivity index (χ3n) is 3.91. The van der Waals surface area contributed by atoms with Gasteiger partial charge in [-0.15, -0.1) is 11.3 Å². The number of aromatic nitrogens is 2. The van der Waals surface area contributed by atoms with E-state index in [2.05, 4.69) is 16.0 Å². The smallest absolute Gasteiger partial charge is 0.341 e. The molecule has 28 heavy (non-hydrogen) atoms. The molecule has 3 aromatic rings. The minimum absolute atomic E-state index is 0.288. The summed E-state index contributed by atoms with van der Waals surface area (Å²) in [4.78, 5) is 36.5. The van der Waals surface area contributed by atoms with Gasteiger partial charge in [0.25, 0.3) is 11.8 Å². The fourth-order valence-electron chi connectivity index (χ4n) is 2.49.